The molecule has 4 rings (SSSR count). The molecule has 0 saturated carbocycles. The zero-order valence-electron chi connectivity index (χ0n) is 17.5. The number of carbonyl (C=O) groups is 1. The first-order valence-corrected chi connectivity index (χ1v) is 12.3. The minimum absolute atomic E-state index is 0.0237. The van der Waals surface area contributed by atoms with Gasteiger partial charge in [0.05, 0.1) is 11.8 Å². The summed E-state index contributed by atoms with van der Waals surface area (Å²) in [5.74, 6) is 0.804. The van der Waals surface area contributed by atoms with Crippen LogP contribution in [-0.4, -0.2) is 62.1 Å². The molecule has 0 unspecified atom stereocenters. The number of pyridine rings is 1. The second-order valence-electron chi connectivity index (χ2n) is 7.93. The number of anilines is 2. The van der Waals surface area contributed by atoms with Crippen LogP contribution in [0.25, 0.3) is 0 Å². The zero-order chi connectivity index (χ0) is 21.3. The molecule has 8 heteroatoms. The van der Waals surface area contributed by atoms with Gasteiger partial charge in [-0.3, -0.25) is 4.79 Å². The molecule has 1 amide bonds. The molecule has 2 aromatic rings. The van der Waals surface area contributed by atoms with Crippen molar-refractivity contribution in [3.8, 4) is 0 Å². The van der Waals surface area contributed by atoms with Crippen LogP contribution in [0.5, 0.6) is 0 Å². The lowest BCUT2D eigenvalue weighted by atomic mass is 10.0. The number of sulfonamides is 1. The normalized spacial score (nSPS) is 17.4. The third kappa shape index (κ3) is 4.06. The Morgan fingerprint density at radius 1 is 1.13 bits per heavy atom. The van der Waals surface area contributed by atoms with Gasteiger partial charge in [-0.2, -0.15) is 4.31 Å². The van der Waals surface area contributed by atoms with Crippen LogP contribution in [0.15, 0.2) is 42.6 Å². The molecule has 1 aromatic carbocycles. The zero-order valence-corrected chi connectivity index (χ0v) is 18.3. The average molecular weight is 429 g/mol. The number of para-hydroxylation sites is 1. The molecule has 3 heterocycles. The molecule has 0 radical (unpaired) electrons. The summed E-state index contributed by atoms with van der Waals surface area (Å²) in [6.07, 6.45) is 5.35. The molecule has 0 spiro atoms. The predicted octanol–water partition coefficient (Wildman–Crippen LogP) is 2.53. The van der Waals surface area contributed by atoms with Crippen LogP contribution in [-0.2, 0) is 16.4 Å². The molecular weight excluding hydrogens is 400 g/mol. The maximum Gasteiger partial charge on any atom is 0.259 e. The molecular formula is C22H28N4O3S. The van der Waals surface area contributed by atoms with Crippen molar-refractivity contribution in [1.82, 2.24) is 9.29 Å². The molecule has 7 nitrogen and oxygen atoms in total. The molecule has 0 N–H and O–H groups in total. The van der Waals surface area contributed by atoms with Gasteiger partial charge in [0.1, 0.15) is 5.82 Å². The van der Waals surface area contributed by atoms with E-state index in [9.17, 15) is 13.2 Å². The van der Waals surface area contributed by atoms with E-state index >= 15 is 0 Å². The first-order chi connectivity index (χ1) is 14.4. The van der Waals surface area contributed by atoms with Gasteiger partial charge < -0.3 is 9.80 Å². The highest BCUT2D eigenvalue weighted by molar-refractivity contribution is 7.88. The standard InChI is InChI=1S/C22H28N4O3S/c1-3-26(30(2,28)29)19-11-13-24(14-12-19)21-9-8-18(16-23-21)22(27)25-15-10-17-6-4-5-7-20(17)25/h4-9,16,19H,3,10-15H2,1-2H3. The molecule has 0 atom stereocenters. The van der Waals surface area contributed by atoms with Gasteiger partial charge in [0.15, 0.2) is 0 Å². The summed E-state index contributed by atoms with van der Waals surface area (Å²) in [6, 6.07) is 11.8. The van der Waals surface area contributed by atoms with Crippen molar-refractivity contribution in [3.63, 3.8) is 0 Å². The quantitative estimate of drug-likeness (QED) is 0.732. The Bertz CT molecular complexity index is 1010. The molecule has 160 valence electrons. The number of benzene rings is 1. The molecule has 2 aliphatic heterocycles. The number of fused-ring (bicyclic) bond motifs is 1. The van der Waals surface area contributed by atoms with Crippen molar-refractivity contribution in [2.24, 2.45) is 0 Å². The smallest absolute Gasteiger partial charge is 0.259 e. The van der Waals surface area contributed by atoms with Crippen LogP contribution >= 0.6 is 0 Å². The minimum atomic E-state index is -3.18. The fraction of sp³-hybridized carbons (Fsp3) is 0.455. The van der Waals surface area contributed by atoms with E-state index in [0.29, 0.717) is 18.7 Å². The summed E-state index contributed by atoms with van der Waals surface area (Å²) in [5, 5.41) is 0. The van der Waals surface area contributed by atoms with Gasteiger partial charge in [0.25, 0.3) is 5.91 Å². The lowest BCUT2D eigenvalue weighted by Gasteiger charge is -2.37. The van der Waals surface area contributed by atoms with Crippen LogP contribution < -0.4 is 9.80 Å². The summed E-state index contributed by atoms with van der Waals surface area (Å²) in [6.45, 7) is 4.57. The Balaban J connectivity index is 1.41. The van der Waals surface area contributed by atoms with E-state index < -0.39 is 10.0 Å². The number of nitrogens with zero attached hydrogens (tertiary/aromatic N) is 4. The topological polar surface area (TPSA) is 73.8 Å². The van der Waals surface area contributed by atoms with E-state index in [1.807, 2.05) is 42.2 Å². The first-order valence-electron chi connectivity index (χ1n) is 10.5. The van der Waals surface area contributed by atoms with Gasteiger partial charge in [-0.05, 0) is 43.0 Å². The maximum absolute atomic E-state index is 13.0. The fourth-order valence-corrected chi connectivity index (χ4v) is 5.77. The SMILES string of the molecule is CCN(C1CCN(c2ccc(C(=O)N3CCc4ccccc43)cn2)CC1)S(C)(=O)=O. The van der Waals surface area contributed by atoms with Crippen molar-refractivity contribution < 1.29 is 13.2 Å². The van der Waals surface area contributed by atoms with Gasteiger partial charge in [-0.1, -0.05) is 25.1 Å². The Morgan fingerprint density at radius 3 is 2.50 bits per heavy atom. The summed E-state index contributed by atoms with van der Waals surface area (Å²) in [7, 11) is -3.18. The summed E-state index contributed by atoms with van der Waals surface area (Å²) in [5.41, 5.74) is 2.77. The fourth-order valence-electron chi connectivity index (χ4n) is 4.55. The highest BCUT2D eigenvalue weighted by Gasteiger charge is 2.30. The molecule has 30 heavy (non-hydrogen) atoms. The highest BCUT2D eigenvalue weighted by atomic mass is 32.2. The highest BCUT2D eigenvalue weighted by Crippen LogP contribution is 2.29. The Kier molecular flexibility index (Phi) is 5.79. The van der Waals surface area contributed by atoms with Crippen LogP contribution in [0.3, 0.4) is 0 Å². The monoisotopic (exact) mass is 428 g/mol. The van der Waals surface area contributed by atoms with Crippen molar-refractivity contribution in [2.45, 2.75) is 32.2 Å². The number of hydrogen-bond donors (Lipinski definition) is 0. The lowest BCUT2D eigenvalue weighted by Crippen LogP contribution is -2.47. The number of hydrogen-bond acceptors (Lipinski definition) is 5. The van der Waals surface area contributed by atoms with Gasteiger partial charge in [0, 0.05) is 44.1 Å². The summed E-state index contributed by atoms with van der Waals surface area (Å²) in [4.78, 5) is 21.5. The average Bonchev–Trinajstić information content (AvgIpc) is 3.17. The van der Waals surface area contributed by atoms with Crippen LogP contribution in [0.1, 0.15) is 35.7 Å². The van der Waals surface area contributed by atoms with Crippen molar-refractivity contribution >= 4 is 27.4 Å². The minimum Gasteiger partial charge on any atom is -0.357 e. The third-order valence-electron chi connectivity index (χ3n) is 6.06. The Hall–Kier alpha value is -2.45. The number of aromatic nitrogens is 1. The van der Waals surface area contributed by atoms with Crippen LogP contribution in [0, 0.1) is 0 Å². The lowest BCUT2D eigenvalue weighted by molar-refractivity contribution is 0.0989. The molecule has 1 aromatic heterocycles. The van der Waals surface area contributed by atoms with E-state index in [-0.39, 0.29) is 11.9 Å². The molecule has 1 saturated heterocycles. The van der Waals surface area contributed by atoms with E-state index in [0.717, 1.165) is 43.9 Å². The van der Waals surface area contributed by atoms with Gasteiger partial charge in [0.2, 0.25) is 10.0 Å². The van der Waals surface area contributed by atoms with Gasteiger partial charge in [-0.15, -0.1) is 0 Å². The van der Waals surface area contributed by atoms with E-state index in [2.05, 4.69) is 16.0 Å². The Morgan fingerprint density at radius 2 is 1.87 bits per heavy atom. The van der Waals surface area contributed by atoms with E-state index in [4.69, 9.17) is 0 Å². The summed E-state index contributed by atoms with van der Waals surface area (Å²) < 4.78 is 25.5. The van der Waals surface area contributed by atoms with Gasteiger partial charge in [-0.25, -0.2) is 13.4 Å². The van der Waals surface area contributed by atoms with Crippen LogP contribution in [0.2, 0.25) is 0 Å². The molecule has 0 aliphatic carbocycles. The van der Waals surface area contributed by atoms with E-state index in [1.165, 1.54) is 11.8 Å². The number of piperidine rings is 1. The van der Waals surface area contributed by atoms with Crippen molar-refractivity contribution in [3.05, 3.63) is 53.7 Å². The predicted molar refractivity (Wildman–Crippen MR) is 119 cm³/mol. The number of carbonyl (C=O) groups excluding carboxylic acids is 1. The molecule has 2 aliphatic rings. The van der Waals surface area contributed by atoms with Crippen molar-refractivity contribution in [2.75, 3.05) is 42.2 Å². The molecule has 1 fully saturated rings. The molecule has 0 bridgehead atoms. The number of rotatable bonds is 5. The second-order valence-corrected chi connectivity index (χ2v) is 9.86. The third-order valence-corrected chi connectivity index (χ3v) is 7.47. The van der Waals surface area contributed by atoms with Gasteiger partial charge >= 0.3 is 0 Å². The Labute approximate surface area is 178 Å². The van der Waals surface area contributed by atoms with E-state index in [1.54, 1.807) is 10.5 Å². The second kappa shape index (κ2) is 8.35. The number of amides is 1. The summed E-state index contributed by atoms with van der Waals surface area (Å²) >= 11 is 0. The van der Waals surface area contributed by atoms with Crippen LogP contribution in [0.4, 0.5) is 11.5 Å². The first kappa shape index (κ1) is 20.8. The van der Waals surface area contributed by atoms with Crippen molar-refractivity contribution in [1.29, 1.82) is 0 Å². The maximum atomic E-state index is 13.0. The largest absolute Gasteiger partial charge is 0.357 e.